The molecule has 1 amide bonds. The van der Waals surface area contributed by atoms with Crippen molar-refractivity contribution < 1.29 is 4.79 Å². The number of hydrogen-bond donors (Lipinski definition) is 1. The molecule has 0 aromatic heterocycles. The highest BCUT2D eigenvalue weighted by Crippen LogP contribution is 2.19. The van der Waals surface area contributed by atoms with Gasteiger partial charge in [-0.15, -0.1) is 0 Å². The third-order valence-electron chi connectivity index (χ3n) is 4.48. The second kappa shape index (κ2) is 7.42. The monoisotopic (exact) mass is 308 g/mol. The lowest BCUT2D eigenvalue weighted by molar-refractivity contribution is -0.132. The van der Waals surface area contributed by atoms with Gasteiger partial charge in [-0.05, 0) is 36.0 Å². The Labute approximate surface area is 138 Å². The molecular weight excluding hydrogens is 284 g/mol. The van der Waals surface area contributed by atoms with Gasteiger partial charge in [-0.25, -0.2) is 0 Å². The third kappa shape index (κ3) is 4.20. The fraction of sp³-hybridized carbons (Fsp3) is 0.350. The van der Waals surface area contributed by atoms with E-state index >= 15 is 0 Å². The maximum absolute atomic E-state index is 12.6. The second-order valence-electron chi connectivity index (χ2n) is 6.34. The average Bonchev–Trinajstić information content (AvgIpc) is 2.78. The molecule has 3 nitrogen and oxygen atoms in total. The topological polar surface area (TPSA) is 46.3 Å². The van der Waals surface area contributed by atoms with Crippen LogP contribution in [0.3, 0.4) is 0 Å². The van der Waals surface area contributed by atoms with Gasteiger partial charge < -0.3 is 10.6 Å². The van der Waals surface area contributed by atoms with Crippen LogP contribution in [0.1, 0.15) is 29.5 Å². The SMILES string of the molecule is NC(CC(=O)N1CCCc2ccccc2C1)Cc1ccccc1. The van der Waals surface area contributed by atoms with Crippen LogP contribution in [-0.2, 0) is 24.2 Å². The van der Waals surface area contributed by atoms with Gasteiger partial charge >= 0.3 is 0 Å². The molecule has 0 saturated carbocycles. The largest absolute Gasteiger partial charge is 0.338 e. The molecule has 0 spiro atoms. The fourth-order valence-electron chi connectivity index (χ4n) is 3.26. The summed E-state index contributed by atoms with van der Waals surface area (Å²) in [5.74, 6) is 0.171. The zero-order chi connectivity index (χ0) is 16.1. The van der Waals surface area contributed by atoms with Crippen LogP contribution in [0.5, 0.6) is 0 Å². The van der Waals surface area contributed by atoms with Crippen molar-refractivity contribution in [2.45, 2.75) is 38.3 Å². The van der Waals surface area contributed by atoms with Crippen molar-refractivity contribution in [2.24, 2.45) is 5.73 Å². The Hall–Kier alpha value is -2.13. The number of fused-ring (bicyclic) bond motifs is 1. The number of amides is 1. The molecule has 1 heterocycles. The van der Waals surface area contributed by atoms with Gasteiger partial charge in [-0.1, -0.05) is 54.6 Å². The van der Waals surface area contributed by atoms with E-state index in [1.807, 2.05) is 29.2 Å². The number of hydrogen-bond acceptors (Lipinski definition) is 2. The summed E-state index contributed by atoms with van der Waals surface area (Å²) in [4.78, 5) is 14.6. The summed E-state index contributed by atoms with van der Waals surface area (Å²) in [7, 11) is 0. The standard InChI is InChI=1S/C20H24N2O/c21-19(13-16-7-2-1-3-8-16)14-20(23)22-12-6-11-17-9-4-5-10-18(17)15-22/h1-5,7-10,19H,6,11-15,21H2. The van der Waals surface area contributed by atoms with Gasteiger partial charge in [-0.3, -0.25) is 4.79 Å². The van der Waals surface area contributed by atoms with Crippen molar-refractivity contribution in [3.63, 3.8) is 0 Å². The Kier molecular flexibility index (Phi) is 5.09. The molecule has 0 bridgehead atoms. The number of nitrogens with two attached hydrogens (primary N) is 1. The summed E-state index contributed by atoms with van der Waals surface area (Å²) < 4.78 is 0. The zero-order valence-electron chi connectivity index (χ0n) is 13.4. The minimum absolute atomic E-state index is 0.122. The van der Waals surface area contributed by atoms with Crippen LogP contribution in [0.15, 0.2) is 54.6 Å². The van der Waals surface area contributed by atoms with Crippen LogP contribution >= 0.6 is 0 Å². The molecule has 0 aliphatic carbocycles. The van der Waals surface area contributed by atoms with Gasteiger partial charge in [0.15, 0.2) is 0 Å². The normalized spacial score (nSPS) is 15.6. The van der Waals surface area contributed by atoms with Crippen LogP contribution in [0, 0.1) is 0 Å². The highest BCUT2D eigenvalue weighted by molar-refractivity contribution is 5.77. The summed E-state index contributed by atoms with van der Waals surface area (Å²) in [5, 5.41) is 0. The molecule has 3 heteroatoms. The minimum Gasteiger partial charge on any atom is -0.338 e. The highest BCUT2D eigenvalue weighted by Gasteiger charge is 2.20. The van der Waals surface area contributed by atoms with E-state index in [-0.39, 0.29) is 11.9 Å². The summed E-state index contributed by atoms with van der Waals surface area (Å²) in [6.45, 7) is 1.54. The van der Waals surface area contributed by atoms with Crippen LogP contribution in [0.2, 0.25) is 0 Å². The zero-order valence-corrected chi connectivity index (χ0v) is 13.4. The second-order valence-corrected chi connectivity index (χ2v) is 6.34. The molecule has 2 aromatic rings. The summed E-state index contributed by atoms with van der Waals surface area (Å²) in [5.41, 5.74) is 10.0. The number of carbonyl (C=O) groups excluding carboxylic acids is 1. The lowest BCUT2D eigenvalue weighted by Gasteiger charge is -2.23. The van der Waals surface area contributed by atoms with Crippen molar-refractivity contribution in [1.82, 2.24) is 4.90 Å². The van der Waals surface area contributed by atoms with Gasteiger partial charge in [0.05, 0.1) is 0 Å². The van der Waals surface area contributed by atoms with E-state index in [4.69, 9.17) is 5.73 Å². The van der Waals surface area contributed by atoms with E-state index in [1.54, 1.807) is 0 Å². The van der Waals surface area contributed by atoms with E-state index in [0.717, 1.165) is 25.8 Å². The summed E-state index contributed by atoms with van der Waals surface area (Å²) in [6.07, 6.45) is 3.24. The fourth-order valence-corrected chi connectivity index (χ4v) is 3.26. The molecule has 1 unspecified atom stereocenters. The Morgan fingerprint density at radius 2 is 1.74 bits per heavy atom. The molecule has 1 aliphatic rings. The van der Waals surface area contributed by atoms with Gasteiger partial charge in [0.1, 0.15) is 0 Å². The number of carbonyl (C=O) groups is 1. The first kappa shape index (κ1) is 15.8. The Morgan fingerprint density at radius 1 is 1.04 bits per heavy atom. The lowest BCUT2D eigenvalue weighted by Crippen LogP contribution is -2.36. The predicted octanol–water partition coefficient (Wildman–Crippen LogP) is 2.92. The van der Waals surface area contributed by atoms with Crippen molar-refractivity contribution in [3.05, 3.63) is 71.3 Å². The van der Waals surface area contributed by atoms with Gasteiger partial charge in [-0.2, -0.15) is 0 Å². The van der Waals surface area contributed by atoms with Gasteiger partial charge in [0, 0.05) is 25.6 Å². The van der Waals surface area contributed by atoms with Crippen molar-refractivity contribution >= 4 is 5.91 Å². The molecule has 2 aromatic carbocycles. The van der Waals surface area contributed by atoms with Crippen LogP contribution in [-0.4, -0.2) is 23.4 Å². The van der Waals surface area contributed by atoms with Gasteiger partial charge in [0.2, 0.25) is 5.91 Å². The Bertz CT molecular complexity index is 654. The number of aryl methyl sites for hydroxylation is 1. The molecule has 1 atom stereocenters. The molecule has 0 saturated heterocycles. The van der Waals surface area contributed by atoms with Crippen LogP contribution in [0.4, 0.5) is 0 Å². The molecule has 0 radical (unpaired) electrons. The molecular formula is C20H24N2O. The van der Waals surface area contributed by atoms with Crippen molar-refractivity contribution in [2.75, 3.05) is 6.54 Å². The van der Waals surface area contributed by atoms with Crippen LogP contribution in [0.25, 0.3) is 0 Å². The van der Waals surface area contributed by atoms with Crippen molar-refractivity contribution in [3.8, 4) is 0 Å². The Balaban J connectivity index is 1.60. The van der Waals surface area contributed by atoms with E-state index in [9.17, 15) is 4.79 Å². The van der Waals surface area contributed by atoms with Gasteiger partial charge in [0.25, 0.3) is 0 Å². The summed E-state index contributed by atoms with van der Waals surface area (Å²) >= 11 is 0. The highest BCUT2D eigenvalue weighted by atomic mass is 16.2. The first-order valence-corrected chi connectivity index (χ1v) is 8.36. The first-order chi connectivity index (χ1) is 11.2. The first-order valence-electron chi connectivity index (χ1n) is 8.36. The smallest absolute Gasteiger partial charge is 0.224 e. The number of nitrogens with zero attached hydrogens (tertiary/aromatic N) is 1. The Morgan fingerprint density at radius 3 is 2.52 bits per heavy atom. The number of benzene rings is 2. The summed E-state index contributed by atoms with van der Waals surface area (Å²) in [6, 6.07) is 18.4. The van der Waals surface area contributed by atoms with Crippen molar-refractivity contribution in [1.29, 1.82) is 0 Å². The predicted molar refractivity (Wildman–Crippen MR) is 92.9 cm³/mol. The molecule has 1 aliphatic heterocycles. The molecule has 3 rings (SSSR count). The molecule has 2 N–H and O–H groups in total. The average molecular weight is 308 g/mol. The lowest BCUT2D eigenvalue weighted by atomic mass is 10.0. The van der Waals surface area contributed by atoms with E-state index in [0.29, 0.717) is 13.0 Å². The van der Waals surface area contributed by atoms with E-state index in [2.05, 4.69) is 30.3 Å². The minimum atomic E-state index is -0.122. The third-order valence-corrected chi connectivity index (χ3v) is 4.48. The molecule has 23 heavy (non-hydrogen) atoms. The number of rotatable bonds is 4. The van der Waals surface area contributed by atoms with E-state index in [1.165, 1.54) is 16.7 Å². The molecule has 0 fully saturated rings. The quantitative estimate of drug-likeness (QED) is 0.944. The maximum atomic E-state index is 12.6. The maximum Gasteiger partial charge on any atom is 0.224 e. The van der Waals surface area contributed by atoms with Crippen LogP contribution < -0.4 is 5.73 Å². The molecule has 120 valence electrons. The van der Waals surface area contributed by atoms with E-state index < -0.39 is 0 Å².